The van der Waals surface area contributed by atoms with E-state index in [1.165, 1.54) is 12.8 Å². The third-order valence-corrected chi connectivity index (χ3v) is 4.81. The molecule has 84 valence electrons. The largest absolute Gasteiger partial charge is 0.350 e. The van der Waals surface area contributed by atoms with E-state index in [1.807, 2.05) is 0 Å². The molecule has 2 fully saturated rings. The summed E-state index contributed by atoms with van der Waals surface area (Å²) in [6, 6.07) is -0.577. The van der Waals surface area contributed by atoms with Crippen molar-refractivity contribution < 1.29 is 4.79 Å². The SMILES string of the molecule is CC1(C)[C@H]2CC[C@@]1(C)C(=NNC(N)=O)C2. The standard InChI is InChI=1S/C11H19N3O/c1-10(2)7-4-5-11(10,3)8(6-7)13-14-9(12)15/h7H,4-6H2,1-3H3,(H3,12,14,15)/t7-,11-/m0/s1. The molecule has 4 heteroatoms. The number of fused-ring (bicyclic) bond motifs is 2. The highest BCUT2D eigenvalue weighted by Gasteiger charge is 2.59. The van der Waals surface area contributed by atoms with Crippen LogP contribution in [0.5, 0.6) is 0 Å². The average Bonchev–Trinajstić information content (AvgIpc) is 2.46. The highest BCUT2D eigenvalue weighted by molar-refractivity contribution is 5.94. The maximum Gasteiger partial charge on any atom is 0.332 e. The van der Waals surface area contributed by atoms with E-state index in [9.17, 15) is 4.79 Å². The van der Waals surface area contributed by atoms with E-state index < -0.39 is 6.03 Å². The molecule has 0 aromatic rings. The number of urea groups is 1. The number of hydrazone groups is 1. The van der Waals surface area contributed by atoms with E-state index in [2.05, 4.69) is 31.3 Å². The van der Waals surface area contributed by atoms with Crippen molar-refractivity contribution in [3.63, 3.8) is 0 Å². The number of nitrogens with one attached hydrogen (secondary N) is 1. The Kier molecular flexibility index (Phi) is 2.07. The molecular weight excluding hydrogens is 190 g/mol. The third kappa shape index (κ3) is 1.27. The summed E-state index contributed by atoms with van der Waals surface area (Å²) in [5.74, 6) is 0.705. The van der Waals surface area contributed by atoms with Crippen LogP contribution in [0.1, 0.15) is 40.0 Å². The van der Waals surface area contributed by atoms with Gasteiger partial charge in [-0.15, -0.1) is 0 Å². The zero-order valence-electron chi connectivity index (χ0n) is 9.63. The fourth-order valence-corrected chi connectivity index (χ4v) is 3.22. The van der Waals surface area contributed by atoms with Crippen LogP contribution in [0.15, 0.2) is 5.10 Å². The van der Waals surface area contributed by atoms with Gasteiger partial charge in [-0.05, 0) is 30.6 Å². The van der Waals surface area contributed by atoms with Crippen LogP contribution in [-0.4, -0.2) is 11.7 Å². The summed E-state index contributed by atoms with van der Waals surface area (Å²) in [7, 11) is 0. The van der Waals surface area contributed by atoms with E-state index in [0.717, 1.165) is 12.1 Å². The monoisotopic (exact) mass is 209 g/mol. The summed E-state index contributed by atoms with van der Waals surface area (Å²) in [6.07, 6.45) is 3.45. The molecule has 0 heterocycles. The average molecular weight is 209 g/mol. The number of nitrogens with zero attached hydrogens (tertiary/aromatic N) is 1. The van der Waals surface area contributed by atoms with Gasteiger partial charge >= 0.3 is 6.03 Å². The second-order valence-electron chi connectivity index (χ2n) is 5.53. The van der Waals surface area contributed by atoms with Crippen LogP contribution in [0.3, 0.4) is 0 Å². The summed E-state index contributed by atoms with van der Waals surface area (Å²) in [5, 5.41) is 4.16. The van der Waals surface area contributed by atoms with Crippen molar-refractivity contribution in [3.05, 3.63) is 0 Å². The number of rotatable bonds is 1. The Labute approximate surface area is 90.3 Å². The summed E-state index contributed by atoms with van der Waals surface area (Å²) in [4.78, 5) is 10.6. The van der Waals surface area contributed by atoms with Gasteiger partial charge < -0.3 is 5.73 Å². The lowest BCUT2D eigenvalue weighted by Crippen LogP contribution is -2.35. The molecule has 2 atom stereocenters. The molecule has 2 rings (SSSR count). The van der Waals surface area contributed by atoms with Crippen molar-refractivity contribution >= 4 is 11.7 Å². The molecule has 0 aromatic heterocycles. The predicted octanol–water partition coefficient (Wildman–Crippen LogP) is 1.86. The second-order valence-corrected chi connectivity index (χ2v) is 5.53. The first-order valence-corrected chi connectivity index (χ1v) is 5.50. The van der Waals surface area contributed by atoms with Gasteiger partial charge in [-0.1, -0.05) is 20.8 Å². The number of primary amides is 1. The number of carbonyl (C=O) groups is 1. The van der Waals surface area contributed by atoms with E-state index in [-0.39, 0.29) is 5.41 Å². The first kappa shape index (κ1) is 10.5. The van der Waals surface area contributed by atoms with Gasteiger partial charge in [0.1, 0.15) is 0 Å². The first-order valence-electron chi connectivity index (χ1n) is 5.50. The third-order valence-electron chi connectivity index (χ3n) is 4.81. The molecule has 2 aliphatic rings. The van der Waals surface area contributed by atoms with Crippen molar-refractivity contribution in [2.45, 2.75) is 40.0 Å². The molecule has 0 unspecified atom stereocenters. The smallest absolute Gasteiger partial charge is 0.332 e. The van der Waals surface area contributed by atoms with Crippen molar-refractivity contribution in [3.8, 4) is 0 Å². The van der Waals surface area contributed by atoms with Crippen LogP contribution >= 0.6 is 0 Å². The molecule has 0 saturated heterocycles. The van der Waals surface area contributed by atoms with Crippen molar-refractivity contribution in [2.24, 2.45) is 27.6 Å². The predicted molar refractivity (Wildman–Crippen MR) is 59.4 cm³/mol. The van der Waals surface area contributed by atoms with Crippen LogP contribution in [0, 0.1) is 16.7 Å². The lowest BCUT2D eigenvalue weighted by molar-refractivity contribution is 0.193. The van der Waals surface area contributed by atoms with Gasteiger partial charge in [0.2, 0.25) is 0 Å². The number of carbonyl (C=O) groups excluding carboxylic acids is 1. The molecule has 0 spiro atoms. The number of amides is 2. The molecule has 2 saturated carbocycles. The molecule has 2 aliphatic carbocycles. The number of hydrogen-bond donors (Lipinski definition) is 2. The Bertz CT molecular complexity index is 335. The maximum absolute atomic E-state index is 10.6. The van der Waals surface area contributed by atoms with Crippen LogP contribution < -0.4 is 11.2 Å². The zero-order chi connectivity index (χ0) is 11.3. The molecule has 15 heavy (non-hydrogen) atoms. The Morgan fingerprint density at radius 2 is 2.20 bits per heavy atom. The quantitative estimate of drug-likeness (QED) is 0.636. The Hall–Kier alpha value is -1.06. The molecule has 0 aliphatic heterocycles. The molecule has 2 amide bonds. The van der Waals surface area contributed by atoms with Gasteiger partial charge in [0.15, 0.2) is 0 Å². The van der Waals surface area contributed by atoms with Gasteiger partial charge in [-0.2, -0.15) is 5.10 Å². The van der Waals surface area contributed by atoms with Crippen LogP contribution in [0.25, 0.3) is 0 Å². The van der Waals surface area contributed by atoms with E-state index in [0.29, 0.717) is 11.3 Å². The molecule has 4 nitrogen and oxygen atoms in total. The summed E-state index contributed by atoms with van der Waals surface area (Å²) >= 11 is 0. The maximum atomic E-state index is 10.6. The fraction of sp³-hybridized carbons (Fsp3) is 0.818. The summed E-state index contributed by atoms with van der Waals surface area (Å²) in [6.45, 7) is 6.86. The lowest BCUT2D eigenvalue weighted by atomic mass is 9.70. The minimum atomic E-state index is -0.577. The molecule has 3 N–H and O–H groups in total. The van der Waals surface area contributed by atoms with Crippen LogP contribution in [0.4, 0.5) is 4.79 Å². The molecule has 2 bridgehead atoms. The Balaban J connectivity index is 2.26. The highest BCUT2D eigenvalue weighted by Crippen LogP contribution is 2.63. The van der Waals surface area contributed by atoms with Crippen LogP contribution in [0.2, 0.25) is 0 Å². The van der Waals surface area contributed by atoms with E-state index >= 15 is 0 Å². The second kappa shape index (κ2) is 2.97. The van der Waals surface area contributed by atoms with Gasteiger partial charge in [0.25, 0.3) is 0 Å². The minimum Gasteiger partial charge on any atom is -0.350 e. The first-order chi connectivity index (χ1) is 6.88. The fourth-order valence-electron chi connectivity index (χ4n) is 3.22. The Morgan fingerprint density at radius 1 is 1.53 bits per heavy atom. The Morgan fingerprint density at radius 3 is 2.60 bits per heavy atom. The summed E-state index contributed by atoms with van der Waals surface area (Å²) < 4.78 is 0. The number of hydrogen-bond acceptors (Lipinski definition) is 2. The van der Waals surface area contributed by atoms with Crippen LogP contribution in [-0.2, 0) is 0 Å². The van der Waals surface area contributed by atoms with Crippen molar-refractivity contribution in [1.82, 2.24) is 5.43 Å². The topological polar surface area (TPSA) is 67.5 Å². The number of nitrogens with two attached hydrogens (primary N) is 1. The van der Waals surface area contributed by atoms with E-state index in [1.54, 1.807) is 0 Å². The zero-order valence-corrected chi connectivity index (χ0v) is 9.63. The normalized spacial score (nSPS) is 39.7. The highest BCUT2D eigenvalue weighted by atomic mass is 16.2. The lowest BCUT2D eigenvalue weighted by Gasteiger charge is -2.34. The van der Waals surface area contributed by atoms with Gasteiger partial charge in [0, 0.05) is 11.1 Å². The molecular formula is C11H19N3O. The van der Waals surface area contributed by atoms with Gasteiger partial charge in [-0.25, -0.2) is 10.2 Å². The summed E-state index contributed by atoms with van der Waals surface area (Å²) in [5.41, 5.74) is 8.93. The van der Waals surface area contributed by atoms with Gasteiger partial charge in [0.05, 0.1) is 0 Å². The minimum absolute atomic E-state index is 0.139. The van der Waals surface area contributed by atoms with Crippen molar-refractivity contribution in [2.75, 3.05) is 0 Å². The van der Waals surface area contributed by atoms with Gasteiger partial charge in [-0.3, -0.25) is 0 Å². The van der Waals surface area contributed by atoms with E-state index in [4.69, 9.17) is 5.73 Å². The molecule has 0 radical (unpaired) electrons. The molecule has 0 aromatic carbocycles. The van der Waals surface area contributed by atoms with Crippen molar-refractivity contribution in [1.29, 1.82) is 0 Å².